The van der Waals surface area contributed by atoms with Gasteiger partial charge < -0.3 is 15.2 Å². The van der Waals surface area contributed by atoms with Crippen molar-refractivity contribution in [1.29, 1.82) is 5.26 Å². The summed E-state index contributed by atoms with van der Waals surface area (Å²) < 4.78 is 14.1. The van der Waals surface area contributed by atoms with Gasteiger partial charge in [-0.3, -0.25) is 38.7 Å². The van der Waals surface area contributed by atoms with Gasteiger partial charge in [0, 0.05) is 54.4 Å². The van der Waals surface area contributed by atoms with Gasteiger partial charge in [-0.05, 0) is 74.7 Å². The van der Waals surface area contributed by atoms with Gasteiger partial charge in [-0.15, -0.1) is 0 Å². The fourth-order valence-electron chi connectivity index (χ4n) is 9.75. The quantitative estimate of drug-likeness (QED) is 0.133. The highest BCUT2D eigenvalue weighted by molar-refractivity contribution is 6.31. The third kappa shape index (κ3) is 7.07. The molecule has 60 heavy (non-hydrogen) atoms. The molecule has 2 N–H and O–H groups in total. The van der Waals surface area contributed by atoms with E-state index in [9.17, 15) is 29.2 Å². The van der Waals surface area contributed by atoms with Crippen molar-refractivity contribution < 1.29 is 33.4 Å². The van der Waals surface area contributed by atoms with Crippen LogP contribution in [0, 0.1) is 22.2 Å². The first-order valence-corrected chi connectivity index (χ1v) is 20.4. The fourth-order valence-corrected chi connectivity index (χ4v) is 9.96. The van der Waals surface area contributed by atoms with Gasteiger partial charge in [-0.2, -0.15) is 10.4 Å². The van der Waals surface area contributed by atoms with E-state index in [4.69, 9.17) is 26.8 Å². The SMILES string of the molecule is CC1(C)C(Oc2ccc(C#N)c(Cl)c2)C(C)(C)C1N1C(=O)CCC(N2C(=O)c3ccc(OCCCCCN4Cc5cn(-c6ccc(C(N)=O)cn6)nc5C4)cc3C2=O)C1=O. The highest BCUT2D eigenvalue weighted by Crippen LogP contribution is 2.58. The summed E-state index contributed by atoms with van der Waals surface area (Å²) in [6.07, 6.45) is 5.67. The number of halogens is 1. The Labute approximate surface area is 352 Å². The minimum atomic E-state index is -1.14. The number of primary amides is 1. The molecule has 0 bridgehead atoms. The monoisotopic (exact) mass is 832 g/mol. The number of pyridine rings is 1. The Hall–Kier alpha value is -6.11. The predicted octanol–water partition coefficient (Wildman–Crippen LogP) is 5.45. The van der Waals surface area contributed by atoms with Crippen molar-refractivity contribution in [2.75, 3.05) is 13.2 Å². The maximum Gasteiger partial charge on any atom is 0.262 e. The predicted molar refractivity (Wildman–Crippen MR) is 217 cm³/mol. The number of aromatic nitrogens is 3. The Morgan fingerprint density at radius 2 is 1.68 bits per heavy atom. The maximum atomic E-state index is 14.3. The van der Waals surface area contributed by atoms with E-state index >= 15 is 0 Å². The number of carbonyl (C=O) groups excluding carboxylic acids is 5. The molecule has 8 rings (SSSR count). The van der Waals surface area contributed by atoms with Crippen LogP contribution < -0.4 is 15.2 Å². The number of likely N-dealkylation sites (tertiary alicyclic amines) is 1. The van der Waals surface area contributed by atoms with Crippen LogP contribution in [0.3, 0.4) is 0 Å². The molecule has 2 aromatic carbocycles. The summed E-state index contributed by atoms with van der Waals surface area (Å²) in [5.74, 6) is -1.10. The number of nitriles is 1. The van der Waals surface area contributed by atoms with Crippen molar-refractivity contribution in [3.63, 3.8) is 0 Å². The van der Waals surface area contributed by atoms with Gasteiger partial charge in [0.25, 0.3) is 17.7 Å². The van der Waals surface area contributed by atoms with E-state index in [1.165, 1.54) is 11.1 Å². The van der Waals surface area contributed by atoms with Crippen molar-refractivity contribution in [2.45, 2.75) is 91.1 Å². The summed E-state index contributed by atoms with van der Waals surface area (Å²) in [5.41, 5.74) is 7.05. The van der Waals surface area contributed by atoms with Gasteiger partial charge in [-0.25, -0.2) is 9.67 Å². The van der Waals surface area contributed by atoms with Crippen LogP contribution in [0.5, 0.6) is 11.5 Å². The van der Waals surface area contributed by atoms with Gasteiger partial charge in [0.15, 0.2) is 5.82 Å². The number of carbonyl (C=O) groups is 5. The highest BCUT2D eigenvalue weighted by Gasteiger charge is 2.68. The van der Waals surface area contributed by atoms with E-state index in [1.54, 1.807) is 53.2 Å². The molecule has 4 aliphatic rings. The number of ether oxygens (including phenoxy) is 2. The minimum Gasteiger partial charge on any atom is -0.494 e. The number of hydrogen-bond donors (Lipinski definition) is 1. The largest absolute Gasteiger partial charge is 0.494 e. The van der Waals surface area contributed by atoms with Gasteiger partial charge in [-0.1, -0.05) is 39.3 Å². The summed E-state index contributed by atoms with van der Waals surface area (Å²) in [6, 6.07) is 13.3. The zero-order valence-corrected chi connectivity index (χ0v) is 34.6. The number of piperidine rings is 1. The van der Waals surface area contributed by atoms with Crippen LogP contribution in [0.2, 0.25) is 5.02 Å². The zero-order valence-electron chi connectivity index (χ0n) is 33.8. The standard InChI is InChI=1S/C44H45ClN8O7/c1-43(2)41(44(3,4)42(43)60-29-10-8-25(20-46)32(45)19-29)53-36(54)15-13-34(40(53)58)52-38(56)30-12-11-28(18-31(30)39(52)57)59-17-7-5-6-16-50-22-27-23-51(49-33(27)24-50)35-14-9-26(21-48-35)37(47)55/h8-12,14,18-19,21,23,34,41-42H,5-7,13,15-17,22,24H2,1-4H3,(H2,47,55). The van der Waals surface area contributed by atoms with Crippen molar-refractivity contribution in [3.05, 3.63) is 99.5 Å². The molecule has 15 nitrogen and oxygen atoms in total. The van der Waals surface area contributed by atoms with Crippen LogP contribution in [0.4, 0.5) is 0 Å². The summed E-state index contributed by atoms with van der Waals surface area (Å²) in [7, 11) is 0. The number of hydrogen-bond acceptors (Lipinski definition) is 11. The molecule has 2 fully saturated rings. The van der Waals surface area contributed by atoms with Crippen LogP contribution in [-0.2, 0) is 22.7 Å². The molecule has 3 aliphatic heterocycles. The van der Waals surface area contributed by atoms with Crippen LogP contribution in [-0.4, -0.2) is 90.3 Å². The summed E-state index contributed by atoms with van der Waals surface area (Å²) in [5, 5.41) is 14.2. The number of amides is 5. The highest BCUT2D eigenvalue weighted by atomic mass is 35.5. The van der Waals surface area contributed by atoms with Crippen LogP contribution in [0.25, 0.3) is 5.82 Å². The number of rotatable bonds is 13. The van der Waals surface area contributed by atoms with Gasteiger partial charge in [0.05, 0.1) is 45.6 Å². The Morgan fingerprint density at radius 1 is 0.933 bits per heavy atom. The number of fused-ring (bicyclic) bond motifs is 2. The van der Waals surface area contributed by atoms with Crippen molar-refractivity contribution >= 4 is 41.1 Å². The Bertz CT molecular complexity index is 2430. The molecule has 5 amide bonds. The van der Waals surface area contributed by atoms with E-state index < -0.39 is 52.6 Å². The molecule has 1 atom stereocenters. The lowest BCUT2D eigenvalue weighted by molar-refractivity contribution is -0.216. The van der Waals surface area contributed by atoms with Crippen LogP contribution in [0.1, 0.15) is 108 Å². The summed E-state index contributed by atoms with van der Waals surface area (Å²) >= 11 is 6.26. The molecular formula is C44H45ClN8O7. The first kappa shape index (κ1) is 40.7. The second-order valence-electron chi connectivity index (χ2n) is 17.1. The molecule has 1 aliphatic carbocycles. The lowest BCUT2D eigenvalue weighted by Gasteiger charge is -2.65. The van der Waals surface area contributed by atoms with Crippen molar-refractivity contribution in [3.8, 4) is 23.4 Å². The van der Waals surface area contributed by atoms with Gasteiger partial charge in [0.2, 0.25) is 11.8 Å². The molecular weight excluding hydrogens is 788 g/mol. The van der Waals surface area contributed by atoms with Crippen molar-refractivity contribution in [2.24, 2.45) is 16.6 Å². The molecule has 5 heterocycles. The Kier molecular flexibility index (Phi) is 10.5. The number of benzene rings is 2. The summed E-state index contributed by atoms with van der Waals surface area (Å²) in [6.45, 7) is 10.5. The van der Waals surface area contributed by atoms with E-state index in [0.29, 0.717) is 35.1 Å². The first-order chi connectivity index (χ1) is 28.6. The lowest BCUT2D eigenvalue weighted by Crippen LogP contribution is -2.77. The van der Waals surface area contributed by atoms with E-state index in [0.717, 1.165) is 55.1 Å². The Morgan fingerprint density at radius 3 is 2.37 bits per heavy atom. The van der Waals surface area contributed by atoms with Crippen molar-refractivity contribution in [1.82, 2.24) is 29.5 Å². The van der Waals surface area contributed by atoms with E-state index in [1.807, 2.05) is 40.0 Å². The number of unbranched alkanes of at least 4 members (excludes halogenated alkanes) is 2. The molecule has 4 aromatic rings. The van der Waals surface area contributed by atoms with E-state index in [2.05, 4.69) is 15.0 Å². The average Bonchev–Trinajstić information content (AvgIpc) is 3.86. The molecule has 1 saturated heterocycles. The average molecular weight is 833 g/mol. The Balaban J connectivity index is 0.833. The number of nitrogens with zero attached hydrogens (tertiary/aromatic N) is 7. The second-order valence-corrected chi connectivity index (χ2v) is 17.5. The topological polar surface area (TPSA) is 194 Å². The lowest BCUT2D eigenvalue weighted by atomic mass is 9.48. The molecule has 2 aromatic heterocycles. The van der Waals surface area contributed by atoms with Gasteiger partial charge in [0.1, 0.15) is 29.7 Å². The zero-order chi connectivity index (χ0) is 42.7. The van der Waals surface area contributed by atoms with Crippen LogP contribution >= 0.6 is 11.6 Å². The number of nitrogens with two attached hydrogens (primary N) is 1. The second kappa shape index (κ2) is 15.5. The molecule has 1 saturated carbocycles. The van der Waals surface area contributed by atoms with Gasteiger partial charge >= 0.3 is 0 Å². The molecule has 0 spiro atoms. The molecule has 310 valence electrons. The van der Waals surface area contributed by atoms with Crippen LogP contribution in [0.15, 0.2) is 60.9 Å². The smallest absolute Gasteiger partial charge is 0.262 e. The molecule has 16 heteroatoms. The molecule has 0 radical (unpaired) electrons. The fraction of sp³-hybridized carbons (Fsp3) is 0.409. The normalized spacial score (nSPS) is 21.7. The van der Waals surface area contributed by atoms with E-state index in [-0.39, 0.29) is 34.9 Å². The maximum absolute atomic E-state index is 14.3. The molecule has 1 unspecified atom stereocenters. The minimum absolute atomic E-state index is 0.00597. The third-order valence-electron chi connectivity index (χ3n) is 12.3. The summed E-state index contributed by atoms with van der Waals surface area (Å²) in [4.78, 5) is 75.6. The number of imide groups is 2. The third-order valence-corrected chi connectivity index (χ3v) is 12.6. The first-order valence-electron chi connectivity index (χ1n) is 20.0.